The van der Waals surface area contributed by atoms with Gasteiger partial charge in [-0.3, -0.25) is 9.59 Å². The molecule has 1 saturated heterocycles. The molecule has 1 aliphatic heterocycles. The molecule has 0 spiro atoms. The summed E-state index contributed by atoms with van der Waals surface area (Å²) >= 11 is 0. The molecule has 0 aromatic rings. The highest BCUT2D eigenvalue weighted by atomic mass is 16.5. The zero-order chi connectivity index (χ0) is 12.0. The van der Waals surface area contributed by atoms with Crippen molar-refractivity contribution in [3.05, 3.63) is 0 Å². The molecule has 0 bridgehead atoms. The van der Waals surface area contributed by atoms with Crippen molar-refractivity contribution >= 4 is 11.9 Å². The third kappa shape index (κ3) is 4.61. The van der Waals surface area contributed by atoms with Gasteiger partial charge < -0.3 is 15.4 Å². The van der Waals surface area contributed by atoms with E-state index in [0.29, 0.717) is 13.0 Å². The Labute approximate surface area is 95.9 Å². The van der Waals surface area contributed by atoms with Gasteiger partial charge in [-0.25, -0.2) is 0 Å². The van der Waals surface area contributed by atoms with Crippen LogP contribution in [0, 0.1) is 0 Å². The molecule has 1 unspecified atom stereocenters. The first kappa shape index (κ1) is 13.0. The number of amides is 1. The first-order valence-electron chi connectivity index (χ1n) is 5.94. The van der Waals surface area contributed by atoms with Gasteiger partial charge in [0.15, 0.2) is 0 Å². The molecule has 5 nitrogen and oxygen atoms in total. The number of ether oxygens (including phenoxy) is 1. The van der Waals surface area contributed by atoms with Gasteiger partial charge in [-0.15, -0.1) is 0 Å². The lowest BCUT2D eigenvalue weighted by Crippen LogP contribution is -2.95. The summed E-state index contributed by atoms with van der Waals surface area (Å²) in [6.45, 7) is 4.13. The van der Waals surface area contributed by atoms with E-state index >= 15 is 0 Å². The summed E-state index contributed by atoms with van der Waals surface area (Å²) in [5.41, 5.74) is 5.17. The first-order chi connectivity index (χ1) is 7.65. The summed E-state index contributed by atoms with van der Waals surface area (Å²) in [4.78, 5) is 23.0. The number of primary amides is 1. The Morgan fingerprint density at radius 2 is 2.12 bits per heavy atom. The Morgan fingerprint density at radius 3 is 2.69 bits per heavy atom. The summed E-state index contributed by atoms with van der Waals surface area (Å²) in [6, 6.07) is 0.0463. The van der Waals surface area contributed by atoms with Crippen molar-refractivity contribution in [1.82, 2.24) is 0 Å². The van der Waals surface area contributed by atoms with Crippen LogP contribution in [0.25, 0.3) is 0 Å². The Bertz CT molecular complexity index is 256. The maximum absolute atomic E-state index is 11.0. The largest absolute Gasteiger partial charge is 0.466 e. The van der Waals surface area contributed by atoms with E-state index < -0.39 is 0 Å². The number of hydrogen-bond acceptors (Lipinski definition) is 3. The molecule has 1 fully saturated rings. The van der Waals surface area contributed by atoms with Crippen LogP contribution in [0.5, 0.6) is 0 Å². The van der Waals surface area contributed by atoms with Gasteiger partial charge in [0.2, 0.25) is 6.04 Å². The van der Waals surface area contributed by atoms with Crippen LogP contribution in [0.3, 0.4) is 0 Å². The van der Waals surface area contributed by atoms with Gasteiger partial charge in [-0.05, 0) is 26.2 Å². The van der Waals surface area contributed by atoms with E-state index in [1.54, 1.807) is 0 Å². The zero-order valence-electron chi connectivity index (χ0n) is 9.83. The SMILES string of the molecule is CCOC(=O)CCCCC[NH+]1C[C@@H]1C(N)=O. The smallest absolute Gasteiger partial charge is 0.305 e. The quantitative estimate of drug-likeness (QED) is 0.314. The average Bonchev–Trinajstić information content (AvgIpc) is 2.97. The Hall–Kier alpha value is -1.10. The molecule has 2 atom stereocenters. The third-order valence-electron chi connectivity index (χ3n) is 2.83. The third-order valence-corrected chi connectivity index (χ3v) is 2.83. The van der Waals surface area contributed by atoms with E-state index in [1.165, 1.54) is 4.90 Å². The number of hydrogen-bond donors (Lipinski definition) is 2. The van der Waals surface area contributed by atoms with Crippen LogP contribution in [-0.2, 0) is 14.3 Å². The van der Waals surface area contributed by atoms with Crippen molar-refractivity contribution in [3.63, 3.8) is 0 Å². The summed E-state index contributed by atoms with van der Waals surface area (Å²) in [6.07, 6.45) is 3.42. The number of nitrogens with one attached hydrogen (secondary N) is 1. The number of carbonyl (C=O) groups excluding carboxylic acids is 2. The van der Waals surface area contributed by atoms with E-state index in [0.717, 1.165) is 32.4 Å². The standard InChI is InChI=1S/C11H20N2O3/c1-2-16-10(14)6-4-3-5-7-13-8-9(13)11(12)15/h9H,2-8H2,1H3,(H2,12,15)/p+1/t9-,13?/m1/s1. The minimum absolute atomic E-state index is 0.0463. The fraction of sp³-hybridized carbons (Fsp3) is 0.818. The second-order valence-electron chi connectivity index (χ2n) is 4.18. The second kappa shape index (κ2) is 6.48. The molecule has 0 aromatic heterocycles. The molecule has 0 aromatic carbocycles. The Morgan fingerprint density at radius 1 is 1.38 bits per heavy atom. The highest BCUT2D eigenvalue weighted by Gasteiger charge is 2.44. The van der Waals surface area contributed by atoms with Gasteiger partial charge in [0, 0.05) is 6.42 Å². The van der Waals surface area contributed by atoms with Crippen molar-refractivity contribution in [2.45, 2.75) is 38.6 Å². The molecule has 1 rings (SSSR count). The maximum Gasteiger partial charge on any atom is 0.305 e. The fourth-order valence-electron chi connectivity index (χ4n) is 1.81. The molecular weight excluding hydrogens is 208 g/mol. The molecule has 0 aliphatic carbocycles. The molecule has 5 heteroatoms. The normalized spacial score (nSPS) is 22.8. The van der Waals surface area contributed by atoms with Gasteiger partial charge >= 0.3 is 5.97 Å². The number of esters is 1. The second-order valence-corrected chi connectivity index (χ2v) is 4.18. The van der Waals surface area contributed by atoms with Crippen LogP contribution >= 0.6 is 0 Å². The van der Waals surface area contributed by atoms with Crippen molar-refractivity contribution in [2.75, 3.05) is 19.7 Å². The molecule has 1 aliphatic rings. The number of unbranched alkanes of at least 4 members (excludes halogenated alkanes) is 2. The minimum atomic E-state index is -0.193. The highest BCUT2D eigenvalue weighted by Crippen LogP contribution is 2.01. The van der Waals surface area contributed by atoms with E-state index in [9.17, 15) is 9.59 Å². The van der Waals surface area contributed by atoms with E-state index in [-0.39, 0.29) is 17.9 Å². The number of rotatable bonds is 8. The monoisotopic (exact) mass is 229 g/mol. The van der Waals surface area contributed by atoms with Gasteiger partial charge in [0.25, 0.3) is 5.91 Å². The minimum Gasteiger partial charge on any atom is -0.466 e. The van der Waals surface area contributed by atoms with Crippen molar-refractivity contribution in [1.29, 1.82) is 0 Å². The molecule has 3 N–H and O–H groups in total. The lowest BCUT2D eigenvalue weighted by atomic mass is 10.2. The first-order valence-corrected chi connectivity index (χ1v) is 5.94. The highest BCUT2D eigenvalue weighted by molar-refractivity contribution is 5.80. The zero-order valence-corrected chi connectivity index (χ0v) is 9.83. The van der Waals surface area contributed by atoms with E-state index in [1.807, 2.05) is 6.92 Å². The number of quaternary nitrogens is 1. The molecule has 16 heavy (non-hydrogen) atoms. The van der Waals surface area contributed by atoms with Crippen LogP contribution in [0.4, 0.5) is 0 Å². The van der Waals surface area contributed by atoms with Crippen molar-refractivity contribution in [2.24, 2.45) is 5.73 Å². The molecular formula is C11H21N2O3+. The van der Waals surface area contributed by atoms with Gasteiger partial charge in [-0.1, -0.05) is 0 Å². The molecule has 92 valence electrons. The summed E-state index contributed by atoms with van der Waals surface area (Å²) < 4.78 is 4.83. The number of nitrogens with two attached hydrogens (primary N) is 1. The van der Waals surface area contributed by atoms with Crippen molar-refractivity contribution in [3.8, 4) is 0 Å². The van der Waals surface area contributed by atoms with E-state index in [4.69, 9.17) is 10.5 Å². The van der Waals surface area contributed by atoms with E-state index in [2.05, 4.69) is 0 Å². The summed E-state index contributed by atoms with van der Waals surface area (Å²) in [7, 11) is 0. The number of carbonyl (C=O) groups is 2. The lowest BCUT2D eigenvalue weighted by molar-refractivity contribution is -0.769. The van der Waals surface area contributed by atoms with Crippen LogP contribution in [0.2, 0.25) is 0 Å². The van der Waals surface area contributed by atoms with Gasteiger partial charge in [-0.2, -0.15) is 0 Å². The predicted molar refractivity (Wildman–Crippen MR) is 58.8 cm³/mol. The molecule has 0 saturated carbocycles. The Balaban J connectivity index is 1.90. The average molecular weight is 229 g/mol. The van der Waals surface area contributed by atoms with Crippen LogP contribution in [0.15, 0.2) is 0 Å². The molecule has 1 amide bonds. The van der Waals surface area contributed by atoms with Gasteiger partial charge in [0.1, 0.15) is 6.54 Å². The van der Waals surface area contributed by atoms with Gasteiger partial charge in [0.05, 0.1) is 13.2 Å². The lowest BCUT2D eigenvalue weighted by Gasteiger charge is -2.01. The molecule has 0 radical (unpaired) electrons. The van der Waals surface area contributed by atoms with Crippen LogP contribution < -0.4 is 10.6 Å². The fourth-order valence-corrected chi connectivity index (χ4v) is 1.81. The summed E-state index contributed by atoms with van der Waals surface area (Å²) in [5.74, 6) is -0.307. The Kier molecular flexibility index (Phi) is 5.25. The van der Waals surface area contributed by atoms with Crippen LogP contribution in [-0.4, -0.2) is 37.6 Å². The summed E-state index contributed by atoms with van der Waals surface area (Å²) in [5, 5.41) is 0. The predicted octanol–water partition coefficient (Wildman–Crippen LogP) is -1.14. The maximum atomic E-state index is 11.0. The topological polar surface area (TPSA) is 73.8 Å². The van der Waals surface area contributed by atoms with Crippen LogP contribution in [0.1, 0.15) is 32.6 Å². The van der Waals surface area contributed by atoms with Crippen molar-refractivity contribution < 1.29 is 19.2 Å². The molecule has 1 heterocycles.